The summed E-state index contributed by atoms with van der Waals surface area (Å²) in [5.74, 6) is 0.172. The van der Waals surface area contributed by atoms with E-state index in [1.807, 2.05) is 60.8 Å². The highest BCUT2D eigenvalue weighted by molar-refractivity contribution is 7.13. The zero-order valence-corrected chi connectivity index (χ0v) is 20.6. The molecule has 36 heavy (non-hydrogen) atoms. The molecule has 0 aliphatic rings. The number of halogens is 1. The molecule has 0 radical (unpaired) electrons. The molecular formula is C28H23FN4O2S. The number of benzene rings is 3. The van der Waals surface area contributed by atoms with Crippen LogP contribution in [-0.2, 0) is 7.05 Å². The van der Waals surface area contributed by atoms with Crippen molar-refractivity contribution in [1.82, 2.24) is 14.8 Å². The maximum Gasteiger partial charge on any atom is 0.273 e. The number of anilines is 1. The van der Waals surface area contributed by atoms with Gasteiger partial charge < -0.3 is 10.1 Å². The lowest BCUT2D eigenvalue weighted by Gasteiger charge is -2.09. The molecule has 3 aromatic carbocycles. The van der Waals surface area contributed by atoms with E-state index in [0.29, 0.717) is 39.9 Å². The lowest BCUT2D eigenvalue weighted by Crippen LogP contribution is -2.16. The maximum absolute atomic E-state index is 14.2. The zero-order valence-electron chi connectivity index (χ0n) is 19.7. The van der Waals surface area contributed by atoms with Crippen LogP contribution in [0, 0.1) is 5.82 Å². The Labute approximate surface area is 212 Å². The van der Waals surface area contributed by atoms with Crippen molar-refractivity contribution in [3.63, 3.8) is 0 Å². The fourth-order valence-electron chi connectivity index (χ4n) is 3.87. The van der Waals surface area contributed by atoms with Crippen LogP contribution in [0.1, 0.15) is 17.4 Å². The van der Waals surface area contributed by atoms with Crippen LogP contribution in [0.15, 0.2) is 84.2 Å². The number of thiazole rings is 1. The van der Waals surface area contributed by atoms with E-state index >= 15 is 0 Å². The molecular weight excluding hydrogens is 475 g/mol. The SMILES string of the molecule is CCOc1ccc(-c2cc(C(=O)Nc3ccccc3-c3csc(-c4ccccc4F)n3)n(C)n2)cc1. The van der Waals surface area contributed by atoms with E-state index in [9.17, 15) is 9.18 Å². The third-order valence-corrected chi connectivity index (χ3v) is 6.51. The quantitative estimate of drug-likeness (QED) is 0.272. The number of carbonyl (C=O) groups is 1. The van der Waals surface area contributed by atoms with Crippen molar-refractivity contribution in [3.05, 3.63) is 95.8 Å². The molecule has 0 spiro atoms. The number of nitrogens with one attached hydrogen (secondary N) is 1. The van der Waals surface area contributed by atoms with Gasteiger partial charge in [0.05, 0.1) is 23.7 Å². The van der Waals surface area contributed by atoms with E-state index in [2.05, 4.69) is 15.4 Å². The van der Waals surface area contributed by atoms with E-state index in [0.717, 1.165) is 16.9 Å². The number of nitrogens with zero attached hydrogens (tertiary/aromatic N) is 3. The van der Waals surface area contributed by atoms with Crippen molar-refractivity contribution >= 4 is 22.9 Å². The molecule has 5 rings (SSSR count). The van der Waals surface area contributed by atoms with Crippen LogP contribution in [0.2, 0.25) is 0 Å². The van der Waals surface area contributed by atoms with Crippen molar-refractivity contribution < 1.29 is 13.9 Å². The number of aryl methyl sites for hydroxylation is 1. The molecule has 0 atom stereocenters. The van der Waals surface area contributed by atoms with E-state index in [1.165, 1.54) is 17.4 Å². The number of ether oxygens (including phenoxy) is 1. The van der Waals surface area contributed by atoms with Crippen molar-refractivity contribution in [2.24, 2.45) is 7.05 Å². The third kappa shape index (κ3) is 4.76. The van der Waals surface area contributed by atoms with E-state index in [-0.39, 0.29) is 11.7 Å². The number of hydrogen-bond acceptors (Lipinski definition) is 5. The predicted molar refractivity (Wildman–Crippen MR) is 141 cm³/mol. The monoisotopic (exact) mass is 498 g/mol. The lowest BCUT2D eigenvalue weighted by atomic mass is 10.1. The second-order valence-electron chi connectivity index (χ2n) is 8.01. The fraction of sp³-hybridized carbons (Fsp3) is 0.107. The highest BCUT2D eigenvalue weighted by Gasteiger charge is 2.18. The van der Waals surface area contributed by atoms with Crippen molar-refractivity contribution in [2.75, 3.05) is 11.9 Å². The Bertz CT molecular complexity index is 1520. The topological polar surface area (TPSA) is 69.0 Å². The minimum atomic E-state index is -0.320. The summed E-state index contributed by atoms with van der Waals surface area (Å²) in [7, 11) is 1.74. The summed E-state index contributed by atoms with van der Waals surface area (Å²) < 4.78 is 21.3. The number of para-hydroxylation sites is 1. The van der Waals surface area contributed by atoms with Gasteiger partial charge in [0.25, 0.3) is 5.91 Å². The second kappa shape index (κ2) is 10.1. The minimum Gasteiger partial charge on any atom is -0.494 e. The van der Waals surface area contributed by atoms with Crippen LogP contribution in [0.25, 0.3) is 33.1 Å². The van der Waals surface area contributed by atoms with Crippen molar-refractivity contribution in [3.8, 4) is 38.8 Å². The maximum atomic E-state index is 14.2. The number of hydrogen-bond donors (Lipinski definition) is 1. The fourth-order valence-corrected chi connectivity index (χ4v) is 4.71. The first-order valence-electron chi connectivity index (χ1n) is 11.4. The van der Waals surface area contributed by atoms with Gasteiger partial charge in [0.2, 0.25) is 0 Å². The largest absolute Gasteiger partial charge is 0.494 e. The Morgan fingerprint density at radius 1 is 1.00 bits per heavy atom. The molecule has 0 saturated heterocycles. The van der Waals surface area contributed by atoms with Crippen molar-refractivity contribution in [1.29, 1.82) is 0 Å². The molecule has 2 aromatic heterocycles. The van der Waals surface area contributed by atoms with Gasteiger partial charge in [-0.05, 0) is 55.5 Å². The standard InChI is InChI=1S/C28H23FN4O2S/c1-3-35-19-14-12-18(13-15-19)24-16-26(33(2)32-24)27(34)30-23-11-7-5-9-21(23)25-17-36-28(31-25)20-8-4-6-10-22(20)29/h4-17H,3H2,1-2H3,(H,30,34). The molecule has 180 valence electrons. The normalized spacial score (nSPS) is 10.9. The molecule has 8 heteroatoms. The van der Waals surface area contributed by atoms with Crippen LogP contribution in [0.5, 0.6) is 5.75 Å². The molecule has 0 bridgehead atoms. The summed E-state index contributed by atoms with van der Waals surface area (Å²) in [6, 6.07) is 23.3. The molecule has 6 nitrogen and oxygen atoms in total. The Morgan fingerprint density at radius 2 is 1.72 bits per heavy atom. The summed E-state index contributed by atoms with van der Waals surface area (Å²) >= 11 is 1.36. The molecule has 1 N–H and O–H groups in total. The highest BCUT2D eigenvalue weighted by atomic mass is 32.1. The minimum absolute atomic E-state index is 0.292. The molecule has 2 heterocycles. The van der Waals surface area contributed by atoms with Gasteiger partial charge in [-0.15, -0.1) is 11.3 Å². The van der Waals surface area contributed by atoms with Gasteiger partial charge in [-0.2, -0.15) is 5.10 Å². The number of rotatable bonds is 7. The number of carbonyl (C=O) groups excluding carboxylic acids is 1. The van der Waals surface area contributed by atoms with E-state index in [1.54, 1.807) is 36.0 Å². The smallest absolute Gasteiger partial charge is 0.273 e. The summed E-state index contributed by atoms with van der Waals surface area (Å²) in [5.41, 5.74) is 4.46. The van der Waals surface area contributed by atoms with Crippen molar-refractivity contribution in [2.45, 2.75) is 6.92 Å². The lowest BCUT2D eigenvalue weighted by molar-refractivity contribution is 0.101. The Balaban J connectivity index is 1.39. The Kier molecular flexibility index (Phi) is 6.60. The van der Waals surface area contributed by atoms with Gasteiger partial charge in [0.15, 0.2) is 0 Å². The Morgan fingerprint density at radius 3 is 2.47 bits per heavy atom. The second-order valence-corrected chi connectivity index (χ2v) is 8.87. The van der Waals surface area contributed by atoms with Crippen LogP contribution < -0.4 is 10.1 Å². The van der Waals surface area contributed by atoms with E-state index < -0.39 is 0 Å². The van der Waals surface area contributed by atoms with Gasteiger partial charge >= 0.3 is 0 Å². The number of aromatic nitrogens is 3. The summed E-state index contributed by atoms with van der Waals surface area (Å²) in [4.78, 5) is 17.8. The molecule has 1 amide bonds. The molecule has 0 aliphatic heterocycles. The molecule has 0 saturated carbocycles. The molecule has 0 unspecified atom stereocenters. The van der Waals surface area contributed by atoms with Gasteiger partial charge in [-0.1, -0.05) is 30.3 Å². The molecule has 0 aliphatic carbocycles. The summed E-state index contributed by atoms with van der Waals surface area (Å²) in [5, 5.41) is 9.94. The van der Waals surface area contributed by atoms with E-state index in [4.69, 9.17) is 4.74 Å². The average Bonchev–Trinajstić information content (AvgIpc) is 3.53. The van der Waals surface area contributed by atoms with Gasteiger partial charge in [0.1, 0.15) is 22.3 Å². The molecule has 0 fully saturated rings. The van der Waals surface area contributed by atoms with Crippen LogP contribution >= 0.6 is 11.3 Å². The Hall–Kier alpha value is -4.30. The van der Waals surface area contributed by atoms with Crippen LogP contribution in [0.3, 0.4) is 0 Å². The summed E-state index contributed by atoms with van der Waals surface area (Å²) in [6.07, 6.45) is 0. The first-order valence-corrected chi connectivity index (χ1v) is 12.3. The van der Waals surface area contributed by atoms with Crippen LogP contribution in [-0.4, -0.2) is 27.3 Å². The van der Waals surface area contributed by atoms with Crippen LogP contribution in [0.4, 0.5) is 10.1 Å². The average molecular weight is 499 g/mol. The number of amides is 1. The predicted octanol–water partition coefficient (Wildman–Crippen LogP) is 6.67. The zero-order chi connectivity index (χ0) is 25.1. The third-order valence-electron chi connectivity index (χ3n) is 5.63. The highest BCUT2D eigenvalue weighted by Crippen LogP contribution is 2.34. The van der Waals surface area contributed by atoms with Gasteiger partial charge in [-0.3, -0.25) is 9.48 Å². The van der Waals surface area contributed by atoms with Gasteiger partial charge in [0, 0.05) is 29.1 Å². The first kappa shape index (κ1) is 23.4. The summed E-state index contributed by atoms with van der Waals surface area (Å²) in [6.45, 7) is 2.53. The molecule has 5 aromatic rings. The first-order chi connectivity index (χ1) is 17.5. The van der Waals surface area contributed by atoms with Gasteiger partial charge in [-0.25, -0.2) is 9.37 Å².